The third-order valence-electron chi connectivity index (χ3n) is 3.60. The van der Waals surface area contributed by atoms with Crippen LogP contribution in [-0.4, -0.2) is 53.3 Å². The van der Waals surface area contributed by atoms with Crippen molar-refractivity contribution in [2.75, 3.05) is 48.8 Å². The zero-order valence-electron chi connectivity index (χ0n) is 12.8. The van der Waals surface area contributed by atoms with Crippen molar-refractivity contribution >= 4 is 17.8 Å². The fourth-order valence-electron chi connectivity index (χ4n) is 2.40. The smallest absolute Gasteiger partial charge is 0.231 e. The molecule has 0 amide bonds. The second-order valence-electron chi connectivity index (χ2n) is 5.29. The zero-order valence-corrected chi connectivity index (χ0v) is 12.8. The van der Waals surface area contributed by atoms with Gasteiger partial charge in [-0.25, -0.2) is 0 Å². The quantitative estimate of drug-likeness (QED) is 0.626. The molecule has 1 aromatic heterocycles. The number of anilines is 3. The predicted molar refractivity (Wildman–Crippen MR) is 84.9 cm³/mol. The number of piperidine rings is 1. The lowest BCUT2D eigenvalue weighted by molar-refractivity contribution is 0.283. The molecule has 2 heterocycles. The van der Waals surface area contributed by atoms with Gasteiger partial charge >= 0.3 is 0 Å². The first-order valence-corrected chi connectivity index (χ1v) is 7.87. The van der Waals surface area contributed by atoms with Crippen molar-refractivity contribution in [2.24, 2.45) is 0 Å². The van der Waals surface area contributed by atoms with E-state index in [2.05, 4.69) is 30.5 Å². The van der Waals surface area contributed by atoms with E-state index in [1.54, 1.807) is 0 Å². The van der Waals surface area contributed by atoms with E-state index in [9.17, 15) is 0 Å². The summed E-state index contributed by atoms with van der Waals surface area (Å²) < 4.78 is 0. The highest BCUT2D eigenvalue weighted by molar-refractivity contribution is 5.43. The summed E-state index contributed by atoms with van der Waals surface area (Å²) in [5, 5.41) is 15.0. The van der Waals surface area contributed by atoms with Crippen LogP contribution in [-0.2, 0) is 0 Å². The summed E-state index contributed by atoms with van der Waals surface area (Å²) in [7, 11) is 1.82. The Kier molecular flexibility index (Phi) is 6.46. The van der Waals surface area contributed by atoms with Gasteiger partial charge in [0.05, 0.1) is 0 Å². The second kappa shape index (κ2) is 8.61. The SMILES string of the molecule is CNc1nc(NCCCCCO)nc(N2CCCCC2)n1. The molecular formula is C14H26N6O. The second-order valence-corrected chi connectivity index (χ2v) is 5.29. The Balaban J connectivity index is 1.96. The molecule has 1 aromatic rings. The normalized spacial score (nSPS) is 15.0. The number of unbranched alkanes of at least 4 members (excludes halogenated alkanes) is 2. The first kappa shape index (κ1) is 15.8. The first-order chi connectivity index (χ1) is 10.3. The van der Waals surface area contributed by atoms with Crippen LogP contribution in [0.1, 0.15) is 38.5 Å². The number of aliphatic hydroxyl groups excluding tert-OH is 1. The summed E-state index contributed by atoms with van der Waals surface area (Å²) in [6, 6.07) is 0. The maximum atomic E-state index is 8.76. The molecule has 2 rings (SSSR count). The monoisotopic (exact) mass is 294 g/mol. The fraction of sp³-hybridized carbons (Fsp3) is 0.786. The molecule has 118 valence electrons. The largest absolute Gasteiger partial charge is 0.396 e. The summed E-state index contributed by atoms with van der Waals surface area (Å²) in [6.07, 6.45) is 6.54. The van der Waals surface area contributed by atoms with Crippen molar-refractivity contribution in [3.63, 3.8) is 0 Å². The van der Waals surface area contributed by atoms with E-state index >= 15 is 0 Å². The van der Waals surface area contributed by atoms with Gasteiger partial charge in [0.1, 0.15) is 0 Å². The number of hydrogen-bond acceptors (Lipinski definition) is 7. The molecule has 1 aliphatic rings. The van der Waals surface area contributed by atoms with E-state index in [-0.39, 0.29) is 6.61 Å². The highest BCUT2D eigenvalue weighted by Crippen LogP contribution is 2.18. The molecule has 0 aromatic carbocycles. The molecule has 1 fully saturated rings. The van der Waals surface area contributed by atoms with Crippen molar-refractivity contribution in [1.29, 1.82) is 0 Å². The zero-order chi connectivity index (χ0) is 14.9. The topological polar surface area (TPSA) is 86.2 Å². The number of rotatable bonds is 8. The highest BCUT2D eigenvalue weighted by atomic mass is 16.2. The number of nitrogens with zero attached hydrogens (tertiary/aromatic N) is 4. The molecule has 1 aliphatic heterocycles. The number of hydrogen-bond donors (Lipinski definition) is 3. The van der Waals surface area contributed by atoms with Gasteiger partial charge < -0.3 is 20.6 Å². The van der Waals surface area contributed by atoms with Crippen LogP contribution in [0.15, 0.2) is 0 Å². The summed E-state index contributed by atoms with van der Waals surface area (Å²) in [5.74, 6) is 1.98. The average Bonchev–Trinajstić information content (AvgIpc) is 2.55. The van der Waals surface area contributed by atoms with Gasteiger partial charge in [-0.05, 0) is 38.5 Å². The average molecular weight is 294 g/mol. The maximum absolute atomic E-state index is 8.76. The minimum atomic E-state index is 0.259. The van der Waals surface area contributed by atoms with Crippen LogP contribution in [0.25, 0.3) is 0 Å². The van der Waals surface area contributed by atoms with Gasteiger partial charge in [-0.2, -0.15) is 15.0 Å². The summed E-state index contributed by atoms with van der Waals surface area (Å²) in [5.41, 5.74) is 0. The van der Waals surface area contributed by atoms with Crippen LogP contribution in [0.4, 0.5) is 17.8 Å². The number of nitrogens with one attached hydrogen (secondary N) is 2. The Morgan fingerprint density at radius 1 is 1.00 bits per heavy atom. The third kappa shape index (κ3) is 5.00. The van der Waals surface area contributed by atoms with Crippen molar-refractivity contribution < 1.29 is 5.11 Å². The standard InChI is InChI=1S/C14H26N6O/c1-15-12-17-13(16-8-4-2-7-11-21)19-14(18-12)20-9-5-3-6-10-20/h21H,2-11H2,1H3,(H2,15,16,17,18,19). The molecule has 0 unspecified atom stereocenters. The molecular weight excluding hydrogens is 268 g/mol. The van der Waals surface area contributed by atoms with Crippen LogP contribution in [0.5, 0.6) is 0 Å². The number of aromatic nitrogens is 3. The molecule has 0 saturated carbocycles. The first-order valence-electron chi connectivity index (χ1n) is 7.87. The highest BCUT2D eigenvalue weighted by Gasteiger charge is 2.15. The lowest BCUT2D eigenvalue weighted by Crippen LogP contribution is -2.31. The summed E-state index contributed by atoms with van der Waals surface area (Å²) in [6.45, 7) is 3.10. The Labute approximate surface area is 126 Å². The number of aliphatic hydroxyl groups is 1. The molecule has 0 atom stereocenters. The van der Waals surface area contributed by atoms with Gasteiger partial charge in [-0.15, -0.1) is 0 Å². The van der Waals surface area contributed by atoms with E-state index in [0.29, 0.717) is 11.9 Å². The molecule has 3 N–H and O–H groups in total. The van der Waals surface area contributed by atoms with Crippen LogP contribution >= 0.6 is 0 Å². The predicted octanol–water partition coefficient (Wildman–Crippen LogP) is 1.48. The Bertz CT molecular complexity index is 422. The van der Waals surface area contributed by atoms with Gasteiger partial charge in [0.15, 0.2) is 0 Å². The maximum Gasteiger partial charge on any atom is 0.231 e. The summed E-state index contributed by atoms with van der Waals surface area (Å²) >= 11 is 0. The van der Waals surface area contributed by atoms with Gasteiger partial charge in [0, 0.05) is 33.3 Å². The Morgan fingerprint density at radius 3 is 2.48 bits per heavy atom. The molecule has 0 spiro atoms. The van der Waals surface area contributed by atoms with Gasteiger partial charge in [0.2, 0.25) is 17.8 Å². The summed E-state index contributed by atoms with van der Waals surface area (Å²) in [4.78, 5) is 15.5. The fourth-order valence-corrected chi connectivity index (χ4v) is 2.40. The van der Waals surface area contributed by atoms with Crippen molar-refractivity contribution in [3.8, 4) is 0 Å². The van der Waals surface area contributed by atoms with Crippen molar-refractivity contribution in [3.05, 3.63) is 0 Å². The lowest BCUT2D eigenvalue weighted by atomic mass is 10.1. The van der Waals surface area contributed by atoms with E-state index in [4.69, 9.17) is 5.11 Å². The van der Waals surface area contributed by atoms with Crippen LogP contribution in [0.3, 0.4) is 0 Å². The molecule has 0 aliphatic carbocycles. The van der Waals surface area contributed by atoms with Crippen molar-refractivity contribution in [2.45, 2.75) is 38.5 Å². The van der Waals surface area contributed by atoms with E-state index < -0.39 is 0 Å². The van der Waals surface area contributed by atoms with Gasteiger partial charge in [0.25, 0.3) is 0 Å². The molecule has 7 nitrogen and oxygen atoms in total. The van der Waals surface area contributed by atoms with Crippen molar-refractivity contribution in [1.82, 2.24) is 15.0 Å². The van der Waals surface area contributed by atoms with Crippen LogP contribution < -0.4 is 15.5 Å². The minimum absolute atomic E-state index is 0.259. The molecule has 0 bridgehead atoms. The molecule has 0 radical (unpaired) electrons. The van der Waals surface area contributed by atoms with Gasteiger partial charge in [-0.1, -0.05) is 0 Å². The Morgan fingerprint density at radius 2 is 1.76 bits per heavy atom. The third-order valence-corrected chi connectivity index (χ3v) is 3.60. The van der Waals surface area contributed by atoms with E-state index in [1.807, 2.05) is 7.05 Å². The van der Waals surface area contributed by atoms with Crippen LogP contribution in [0.2, 0.25) is 0 Å². The van der Waals surface area contributed by atoms with Gasteiger partial charge in [-0.3, -0.25) is 0 Å². The van der Waals surface area contributed by atoms with Crippen LogP contribution in [0, 0.1) is 0 Å². The molecule has 7 heteroatoms. The van der Waals surface area contributed by atoms with E-state index in [1.165, 1.54) is 19.3 Å². The lowest BCUT2D eigenvalue weighted by Gasteiger charge is -2.26. The van der Waals surface area contributed by atoms with E-state index in [0.717, 1.165) is 44.8 Å². The molecule has 1 saturated heterocycles. The minimum Gasteiger partial charge on any atom is -0.396 e. The Hall–Kier alpha value is -1.63. The molecule has 21 heavy (non-hydrogen) atoms.